The van der Waals surface area contributed by atoms with E-state index in [1.54, 1.807) is 33.8 Å². The van der Waals surface area contributed by atoms with Crippen LogP contribution in [0.3, 0.4) is 0 Å². The average molecular weight is 899 g/mol. The van der Waals surface area contributed by atoms with Crippen molar-refractivity contribution in [3.8, 4) is 28.0 Å². The molecule has 356 valence electrons. The van der Waals surface area contributed by atoms with Crippen LogP contribution in [0.25, 0.3) is 22.3 Å². The van der Waals surface area contributed by atoms with Gasteiger partial charge in [0.2, 0.25) is 0 Å². The first-order chi connectivity index (χ1) is 30.9. The fourth-order valence-electron chi connectivity index (χ4n) is 8.30. The third kappa shape index (κ3) is 15.4. The van der Waals surface area contributed by atoms with Gasteiger partial charge < -0.3 is 29.2 Å². The third-order valence-corrected chi connectivity index (χ3v) is 12.6. The highest BCUT2D eigenvalue weighted by molar-refractivity contribution is 5.87. The summed E-state index contributed by atoms with van der Waals surface area (Å²) < 4.78 is 39.1. The number of hydrogen-bond acceptors (Lipinski definition) is 9. The van der Waals surface area contributed by atoms with Crippen LogP contribution in [-0.4, -0.2) is 67.8 Å². The Morgan fingerprint density at radius 2 is 1.34 bits per heavy atom. The molecule has 3 aromatic carbocycles. The van der Waals surface area contributed by atoms with E-state index in [2.05, 4.69) is 39.1 Å². The van der Waals surface area contributed by atoms with E-state index in [-0.39, 0.29) is 43.8 Å². The summed E-state index contributed by atoms with van der Waals surface area (Å²) in [6.45, 7) is 18.9. The summed E-state index contributed by atoms with van der Waals surface area (Å²) in [6, 6.07) is 15.9. The summed E-state index contributed by atoms with van der Waals surface area (Å²) in [5, 5.41) is 20.9. The summed E-state index contributed by atoms with van der Waals surface area (Å²) in [5.74, 6) is -0.00582. The topological polar surface area (TPSA) is 129 Å². The fraction of sp³-hybridized carbons (Fsp3) is 0.545. The molecule has 0 aliphatic heterocycles. The van der Waals surface area contributed by atoms with Crippen molar-refractivity contribution in [2.75, 3.05) is 39.6 Å². The Morgan fingerprint density at radius 3 is 1.94 bits per heavy atom. The molecule has 0 aromatic heterocycles. The molecular weight excluding hydrogens is 824 g/mol. The number of aryl methyl sites for hydroxylation is 3. The summed E-state index contributed by atoms with van der Waals surface area (Å²) in [6.07, 6.45) is 12.3. The molecule has 3 aromatic rings. The SMILES string of the molecule is C=C(C)C(=O)OCCCc1cc(OCC(CO)(CO)COC(=O)C(=C)C)c(CCCOC(=O)C(C)(C)C)cc1-c1ccc(-c2ccc(C3CCC(CCCCC)CC3)cc2F)c(CC)c1. The van der Waals surface area contributed by atoms with Crippen molar-refractivity contribution in [2.24, 2.45) is 16.7 Å². The van der Waals surface area contributed by atoms with Gasteiger partial charge in [-0.25, -0.2) is 14.0 Å². The predicted octanol–water partition coefficient (Wildman–Crippen LogP) is 11.6. The lowest BCUT2D eigenvalue weighted by Crippen LogP contribution is -2.41. The molecule has 0 unspecified atom stereocenters. The summed E-state index contributed by atoms with van der Waals surface area (Å²) >= 11 is 0. The van der Waals surface area contributed by atoms with Crippen molar-refractivity contribution < 1.29 is 47.9 Å². The molecule has 1 aliphatic carbocycles. The Bertz CT molecular complexity index is 2080. The largest absolute Gasteiger partial charge is 0.492 e. The number of esters is 3. The van der Waals surface area contributed by atoms with E-state index < -0.39 is 36.0 Å². The van der Waals surface area contributed by atoms with E-state index in [0.29, 0.717) is 54.9 Å². The zero-order valence-corrected chi connectivity index (χ0v) is 40.3. The van der Waals surface area contributed by atoms with Crippen LogP contribution >= 0.6 is 0 Å². The molecule has 1 saturated carbocycles. The van der Waals surface area contributed by atoms with E-state index in [9.17, 15) is 24.6 Å². The van der Waals surface area contributed by atoms with E-state index in [0.717, 1.165) is 57.7 Å². The number of aliphatic hydroxyl groups excluding tert-OH is 2. The van der Waals surface area contributed by atoms with Gasteiger partial charge in [0.25, 0.3) is 0 Å². The Labute approximate surface area is 387 Å². The number of rotatable bonds is 25. The van der Waals surface area contributed by atoms with Crippen LogP contribution < -0.4 is 4.74 Å². The third-order valence-electron chi connectivity index (χ3n) is 12.6. The Hall–Kier alpha value is -4.80. The van der Waals surface area contributed by atoms with Crippen molar-refractivity contribution in [3.63, 3.8) is 0 Å². The summed E-state index contributed by atoms with van der Waals surface area (Å²) in [7, 11) is 0. The van der Waals surface area contributed by atoms with Gasteiger partial charge in [-0.05, 0) is 161 Å². The van der Waals surface area contributed by atoms with E-state index >= 15 is 4.39 Å². The second-order valence-corrected chi connectivity index (χ2v) is 19.3. The van der Waals surface area contributed by atoms with Gasteiger partial charge in [0.1, 0.15) is 24.8 Å². The highest BCUT2D eigenvalue weighted by Crippen LogP contribution is 2.41. The second kappa shape index (κ2) is 25.2. The van der Waals surface area contributed by atoms with Crippen molar-refractivity contribution in [1.82, 2.24) is 0 Å². The molecule has 0 spiro atoms. The molecule has 9 nitrogen and oxygen atoms in total. The molecule has 2 N–H and O–H groups in total. The van der Waals surface area contributed by atoms with Gasteiger partial charge in [-0.2, -0.15) is 0 Å². The number of carbonyl (C=O) groups excluding carboxylic acids is 3. The van der Waals surface area contributed by atoms with Gasteiger partial charge in [0, 0.05) is 16.7 Å². The zero-order chi connectivity index (χ0) is 47.7. The lowest BCUT2D eigenvalue weighted by molar-refractivity contribution is -0.153. The molecule has 0 atom stereocenters. The molecule has 4 rings (SSSR count). The van der Waals surface area contributed by atoms with Crippen molar-refractivity contribution in [3.05, 3.63) is 101 Å². The molecule has 0 saturated heterocycles. The predicted molar refractivity (Wildman–Crippen MR) is 256 cm³/mol. The molecule has 0 amide bonds. The minimum absolute atomic E-state index is 0.156. The van der Waals surface area contributed by atoms with Gasteiger partial charge in [-0.1, -0.05) is 83.0 Å². The number of benzene rings is 3. The number of unbranched alkanes of at least 4 members (excludes halogenated alkanes) is 2. The maximum atomic E-state index is 16.2. The summed E-state index contributed by atoms with van der Waals surface area (Å²) in [4.78, 5) is 37.2. The number of hydrogen-bond donors (Lipinski definition) is 2. The number of ether oxygens (including phenoxy) is 4. The first kappa shape index (κ1) is 52.8. The molecule has 0 heterocycles. The number of halogens is 1. The second-order valence-electron chi connectivity index (χ2n) is 19.3. The first-order valence-electron chi connectivity index (χ1n) is 23.7. The Balaban J connectivity index is 1.72. The van der Waals surface area contributed by atoms with Gasteiger partial charge in [-0.3, -0.25) is 4.79 Å². The molecular formula is C55H75FO9. The Kier molecular flexibility index (Phi) is 20.5. The zero-order valence-electron chi connectivity index (χ0n) is 40.3. The van der Waals surface area contributed by atoms with Gasteiger partial charge >= 0.3 is 17.9 Å². The molecule has 1 aliphatic rings. The minimum Gasteiger partial charge on any atom is -0.492 e. The average Bonchev–Trinajstić information content (AvgIpc) is 3.29. The highest BCUT2D eigenvalue weighted by atomic mass is 19.1. The molecule has 0 radical (unpaired) electrons. The van der Waals surface area contributed by atoms with E-state index in [4.69, 9.17) is 18.9 Å². The number of aliphatic hydroxyl groups is 2. The molecule has 65 heavy (non-hydrogen) atoms. The van der Waals surface area contributed by atoms with Crippen LogP contribution in [-0.2, 0) is 47.9 Å². The van der Waals surface area contributed by atoms with E-state index in [1.165, 1.54) is 45.4 Å². The smallest absolute Gasteiger partial charge is 0.333 e. The van der Waals surface area contributed by atoms with Crippen LogP contribution in [0, 0.1) is 22.6 Å². The highest BCUT2D eigenvalue weighted by Gasteiger charge is 2.33. The first-order valence-corrected chi connectivity index (χ1v) is 23.7. The van der Waals surface area contributed by atoms with Crippen molar-refractivity contribution in [2.45, 2.75) is 138 Å². The fourth-order valence-corrected chi connectivity index (χ4v) is 8.30. The van der Waals surface area contributed by atoms with Gasteiger partial charge in [-0.15, -0.1) is 0 Å². The normalized spacial score (nSPS) is 15.3. The van der Waals surface area contributed by atoms with Crippen LogP contribution in [0.5, 0.6) is 5.75 Å². The molecule has 1 fully saturated rings. The maximum absolute atomic E-state index is 16.2. The van der Waals surface area contributed by atoms with Crippen molar-refractivity contribution >= 4 is 17.9 Å². The minimum atomic E-state index is -1.33. The molecule has 10 heteroatoms. The monoisotopic (exact) mass is 899 g/mol. The van der Waals surface area contributed by atoms with Crippen LogP contribution in [0.1, 0.15) is 141 Å². The Morgan fingerprint density at radius 1 is 0.708 bits per heavy atom. The lowest BCUT2D eigenvalue weighted by atomic mass is 9.77. The maximum Gasteiger partial charge on any atom is 0.333 e. The molecule has 0 bridgehead atoms. The van der Waals surface area contributed by atoms with E-state index in [1.807, 2.05) is 30.3 Å². The van der Waals surface area contributed by atoms with Gasteiger partial charge in [0.05, 0.1) is 37.3 Å². The standard InChI is InChI=1S/C55H75FO9/c1-10-12-13-16-39-19-21-41(22-20-39)42-23-26-47(49(56)31-42)46-25-24-44(29-40(46)11-2)48-30-45(18-15-28-63-53(61)54(7,8)9)50(32-43(48)17-14-27-62-51(59)37(3)4)64-35-55(33-57,34-58)36-65-52(60)38(5)6/h23-26,29-32,39,41,57-58H,3,5,10-22,27-28,33-36H2,1-2,4,6-9H3. The van der Waals surface area contributed by atoms with Crippen LogP contribution in [0.2, 0.25) is 0 Å². The van der Waals surface area contributed by atoms with Crippen molar-refractivity contribution in [1.29, 1.82) is 0 Å². The van der Waals surface area contributed by atoms with Gasteiger partial charge in [0.15, 0.2) is 0 Å². The quantitative estimate of drug-likeness (QED) is 0.0370. The van der Waals surface area contributed by atoms with Crippen LogP contribution in [0.4, 0.5) is 4.39 Å². The number of carbonyl (C=O) groups is 3. The van der Waals surface area contributed by atoms with Crippen LogP contribution in [0.15, 0.2) is 72.8 Å². The lowest BCUT2D eigenvalue weighted by Gasteiger charge is -2.30. The summed E-state index contributed by atoms with van der Waals surface area (Å²) in [5.41, 5.74) is 5.46.